The molecule has 13 heteroatoms. The van der Waals surface area contributed by atoms with Crippen LogP contribution in [0.5, 0.6) is 11.5 Å². The van der Waals surface area contributed by atoms with E-state index in [1.54, 1.807) is 0 Å². The summed E-state index contributed by atoms with van der Waals surface area (Å²) in [6, 6.07) is 7.66. The lowest BCUT2D eigenvalue weighted by atomic mass is 10.1. The first-order chi connectivity index (χ1) is 14.7. The number of hydrazine groups is 1. The summed E-state index contributed by atoms with van der Waals surface area (Å²) in [5, 5.41) is 10.7. The fourth-order valence-electron chi connectivity index (χ4n) is 2.18. The Morgan fingerprint density at radius 2 is 1.71 bits per heavy atom. The highest BCUT2D eigenvalue weighted by molar-refractivity contribution is 5.98. The van der Waals surface area contributed by atoms with Crippen LogP contribution in [0.1, 0.15) is 15.9 Å². The number of halogens is 4. The molecule has 0 aromatic heterocycles. The van der Waals surface area contributed by atoms with Crippen molar-refractivity contribution in [2.75, 3.05) is 0 Å². The first-order valence-corrected chi connectivity index (χ1v) is 8.22. The van der Waals surface area contributed by atoms with Crippen LogP contribution >= 0.6 is 0 Å². The minimum absolute atomic E-state index is 0.0675. The van der Waals surface area contributed by atoms with Crippen molar-refractivity contribution in [3.63, 3.8) is 0 Å². The lowest BCUT2D eigenvalue weighted by molar-refractivity contribution is -0.384. The Morgan fingerprint density at radius 3 is 2.35 bits per heavy atom. The van der Waals surface area contributed by atoms with Gasteiger partial charge in [0.2, 0.25) is 0 Å². The largest absolute Gasteiger partial charge is 0.435 e. The number of carbonyl (C=O) groups excluding carboxylic acids is 2. The number of carbonyl (C=O) groups is 2. The molecule has 0 aliphatic rings. The van der Waals surface area contributed by atoms with Crippen LogP contribution in [0.2, 0.25) is 0 Å². The van der Waals surface area contributed by atoms with Crippen LogP contribution in [-0.4, -0.2) is 30.0 Å². The highest BCUT2D eigenvalue weighted by atomic mass is 19.3. The second kappa shape index (κ2) is 10.6. The highest BCUT2D eigenvalue weighted by Gasteiger charge is 2.14. The van der Waals surface area contributed by atoms with Crippen molar-refractivity contribution in [2.24, 2.45) is 0 Å². The molecule has 2 aromatic carbocycles. The normalized spacial score (nSPS) is 10.9. The molecule has 2 amide bonds. The molecular weight excluding hydrogens is 430 g/mol. The van der Waals surface area contributed by atoms with Crippen LogP contribution in [0.15, 0.2) is 48.5 Å². The molecule has 0 radical (unpaired) electrons. The van der Waals surface area contributed by atoms with E-state index in [0.717, 1.165) is 36.4 Å². The van der Waals surface area contributed by atoms with Gasteiger partial charge in [0.25, 0.3) is 17.5 Å². The monoisotopic (exact) mass is 443 g/mol. The predicted octanol–water partition coefficient (Wildman–Crippen LogP) is 3.27. The number of rotatable bonds is 8. The van der Waals surface area contributed by atoms with E-state index in [2.05, 4.69) is 9.47 Å². The molecule has 0 bridgehead atoms. The number of hydrogen-bond acceptors (Lipinski definition) is 6. The van der Waals surface area contributed by atoms with Crippen LogP contribution in [0.3, 0.4) is 0 Å². The Labute approximate surface area is 171 Å². The number of nitro groups is 1. The molecule has 2 rings (SSSR count). The molecule has 0 spiro atoms. The fraction of sp³-hybridized carbons (Fsp3) is 0.111. The molecule has 0 heterocycles. The van der Waals surface area contributed by atoms with E-state index in [4.69, 9.17) is 0 Å². The molecule has 0 saturated heterocycles. The minimum Gasteiger partial charge on any atom is -0.435 e. The van der Waals surface area contributed by atoms with E-state index < -0.39 is 41.5 Å². The van der Waals surface area contributed by atoms with E-state index in [9.17, 15) is 37.3 Å². The van der Waals surface area contributed by atoms with Gasteiger partial charge in [-0.25, -0.2) is 0 Å². The summed E-state index contributed by atoms with van der Waals surface area (Å²) < 4.78 is 57.9. The van der Waals surface area contributed by atoms with E-state index in [1.165, 1.54) is 18.2 Å². The van der Waals surface area contributed by atoms with Crippen molar-refractivity contribution in [1.82, 2.24) is 10.9 Å². The van der Waals surface area contributed by atoms with Gasteiger partial charge in [0.15, 0.2) is 0 Å². The molecular formula is C18H13F4N3O6. The van der Waals surface area contributed by atoms with Gasteiger partial charge in [0, 0.05) is 35.4 Å². The number of nitro benzene ring substituents is 1. The van der Waals surface area contributed by atoms with E-state index in [0.29, 0.717) is 0 Å². The summed E-state index contributed by atoms with van der Waals surface area (Å²) in [7, 11) is 0. The van der Waals surface area contributed by atoms with Gasteiger partial charge in [-0.2, -0.15) is 17.6 Å². The molecule has 0 aliphatic heterocycles. The first kappa shape index (κ1) is 23.1. The van der Waals surface area contributed by atoms with E-state index in [1.807, 2.05) is 10.9 Å². The van der Waals surface area contributed by atoms with Crippen molar-refractivity contribution in [2.45, 2.75) is 13.2 Å². The number of ether oxygens (including phenoxy) is 2. The van der Waals surface area contributed by atoms with Gasteiger partial charge < -0.3 is 9.47 Å². The van der Waals surface area contributed by atoms with Gasteiger partial charge >= 0.3 is 13.2 Å². The summed E-state index contributed by atoms with van der Waals surface area (Å²) in [4.78, 5) is 33.8. The summed E-state index contributed by atoms with van der Waals surface area (Å²) in [6.45, 7) is -6.45. The van der Waals surface area contributed by atoms with Crippen molar-refractivity contribution >= 4 is 23.6 Å². The Morgan fingerprint density at radius 1 is 1.00 bits per heavy atom. The van der Waals surface area contributed by atoms with Crippen molar-refractivity contribution < 1.29 is 41.5 Å². The smallest absolute Gasteiger partial charge is 0.387 e. The third-order valence-electron chi connectivity index (χ3n) is 3.46. The topological polar surface area (TPSA) is 120 Å². The Bertz CT molecular complexity index is 1000. The van der Waals surface area contributed by atoms with Gasteiger partial charge in [-0.3, -0.25) is 30.6 Å². The molecule has 0 unspecified atom stereocenters. The lowest BCUT2D eigenvalue weighted by Crippen LogP contribution is -2.40. The molecule has 0 aliphatic carbocycles. The predicted molar refractivity (Wildman–Crippen MR) is 97.4 cm³/mol. The minimum atomic E-state index is -3.27. The van der Waals surface area contributed by atoms with Crippen molar-refractivity contribution in [3.05, 3.63) is 69.8 Å². The maximum atomic E-state index is 12.5. The molecule has 2 aromatic rings. The number of benzene rings is 2. The highest BCUT2D eigenvalue weighted by Crippen LogP contribution is 2.28. The van der Waals surface area contributed by atoms with Crippen LogP contribution in [0, 0.1) is 10.1 Å². The van der Waals surface area contributed by atoms with Gasteiger partial charge in [0.05, 0.1) is 4.92 Å². The summed E-state index contributed by atoms with van der Waals surface area (Å²) in [6.07, 6.45) is 1.87. The summed E-state index contributed by atoms with van der Waals surface area (Å²) >= 11 is 0. The zero-order chi connectivity index (χ0) is 23.0. The van der Waals surface area contributed by atoms with Gasteiger partial charge in [-0.05, 0) is 24.3 Å². The Kier molecular flexibility index (Phi) is 7.88. The zero-order valence-electron chi connectivity index (χ0n) is 15.3. The number of non-ortho nitro benzene ring substituents is 1. The quantitative estimate of drug-likeness (QED) is 0.280. The molecule has 2 N–H and O–H groups in total. The number of amides is 2. The molecule has 0 fully saturated rings. The van der Waals surface area contributed by atoms with Crippen LogP contribution in [0.25, 0.3) is 6.08 Å². The zero-order valence-corrected chi connectivity index (χ0v) is 15.3. The van der Waals surface area contributed by atoms with E-state index >= 15 is 0 Å². The number of alkyl halides is 4. The summed E-state index contributed by atoms with van der Waals surface area (Å²) in [5.41, 5.74) is 3.51. The number of nitrogens with zero attached hydrogens (tertiary/aromatic N) is 1. The first-order valence-electron chi connectivity index (χ1n) is 8.22. The van der Waals surface area contributed by atoms with E-state index in [-0.39, 0.29) is 16.8 Å². The maximum Gasteiger partial charge on any atom is 0.387 e. The third-order valence-corrected chi connectivity index (χ3v) is 3.46. The average molecular weight is 443 g/mol. The average Bonchev–Trinajstić information content (AvgIpc) is 2.70. The summed E-state index contributed by atoms with van der Waals surface area (Å²) in [5.74, 6) is -2.70. The van der Waals surface area contributed by atoms with Crippen LogP contribution < -0.4 is 20.3 Å². The standard InChI is InChI=1S/C18H13F4N3O6/c19-17(20)30-13-6-4-10(14(9-13)31-18(21)22)5-7-15(26)23-24-16(27)11-2-1-3-12(8-11)25(28)29/h1-9,17-18H,(H,23,26)(H,24,27). The lowest BCUT2D eigenvalue weighted by Gasteiger charge is -2.11. The maximum absolute atomic E-state index is 12.5. The van der Waals surface area contributed by atoms with Crippen LogP contribution in [0.4, 0.5) is 23.2 Å². The fourth-order valence-corrected chi connectivity index (χ4v) is 2.18. The number of hydrogen-bond donors (Lipinski definition) is 2. The molecule has 164 valence electrons. The van der Waals surface area contributed by atoms with Gasteiger partial charge in [-0.1, -0.05) is 6.07 Å². The molecule has 31 heavy (non-hydrogen) atoms. The second-order valence-electron chi connectivity index (χ2n) is 5.54. The second-order valence-corrected chi connectivity index (χ2v) is 5.54. The number of nitrogens with one attached hydrogen (secondary N) is 2. The third kappa shape index (κ3) is 7.30. The molecule has 0 saturated carbocycles. The van der Waals surface area contributed by atoms with Gasteiger partial charge in [-0.15, -0.1) is 0 Å². The van der Waals surface area contributed by atoms with Crippen molar-refractivity contribution in [3.8, 4) is 11.5 Å². The van der Waals surface area contributed by atoms with Crippen LogP contribution in [-0.2, 0) is 4.79 Å². The Hall–Kier alpha value is -4.16. The molecule has 0 atom stereocenters. The SMILES string of the molecule is O=C(C=Cc1ccc(OC(F)F)cc1OC(F)F)NNC(=O)c1cccc([N+](=O)[O-])c1. The molecule has 9 nitrogen and oxygen atoms in total. The van der Waals surface area contributed by atoms with Crippen molar-refractivity contribution in [1.29, 1.82) is 0 Å². The van der Waals surface area contributed by atoms with Gasteiger partial charge in [0.1, 0.15) is 11.5 Å². The Balaban J connectivity index is 2.04.